The van der Waals surface area contributed by atoms with Gasteiger partial charge in [-0.25, -0.2) is 8.42 Å². The van der Waals surface area contributed by atoms with Crippen molar-refractivity contribution in [1.29, 1.82) is 0 Å². The monoisotopic (exact) mass is 446 g/mol. The number of amides is 1. The minimum absolute atomic E-state index is 0.000859. The smallest absolute Gasteiger partial charge is 0.243 e. The molecule has 1 aliphatic rings. The van der Waals surface area contributed by atoms with E-state index in [-0.39, 0.29) is 29.6 Å². The molecule has 1 fully saturated rings. The summed E-state index contributed by atoms with van der Waals surface area (Å²) in [5.74, 6) is 0.000859. The number of aliphatic hydroxyl groups excluding tert-OH is 1. The first-order chi connectivity index (χ1) is 13.8. The molecule has 7 nitrogen and oxygen atoms in total. The molecule has 0 bridgehead atoms. The lowest BCUT2D eigenvalue weighted by molar-refractivity contribution is -0.131. The van der Waals surface area contributed by atoms with Crippen molar-refractivity contribution in [3.8, 4) is 0 Å². The van der Waals surface area contributed by atoms with Crippen LogP contribution in [0.3, 0.4) is 0 Å². The number of nitrogens with zero attached hydrogens (tertiary/aromatic N) is 2. The maximum Gasteiger partial charge on any atom is 0.243 e. The summed E-state index contributed by atoms with van der Waals surface area (Å²) in [7, 11) is -0.208. The van der Waals surface area contributed by atoms with Gasteiger partial charge in [0.1, 0.15) is 0 Å². The van der Waals surface area contributed by atoms with Crippen LogP contribution in [-0.4, -0.2) is 74.6 Å². The minimum Gasteiger partial charge on any atom is -0.396 e. The molecule has 0 spiro atoms. The lowest BCUT2D eigenvalue weighted by Crippen LogP contribution is -2.40. The first-order valence-corrected chi connectivity index (χ1v) is 11.8. The van der Waals surface area contributed by atoms with Crippen molar-refractivity contribution in [2.45, 2.75) is 55.6 Å². The highest BCUT2D eigenvalue weighted by atomic mass is 35.5. The van der Waals surface area contributed by atoms with E-state index in [0.717, 1.165) is 25.7 Å². The Morgan fingerprint density at radius 2 is 1.79 bits per heavy atom. The molecule has 29 heavy (non-hydrogen) atoms. The van der Waals surface area contributed by atoms with Gasteiger partial charge in [-0.3, -0.25) is 4.79 Å². The van der Waals surface area contributed by atoms with E-state index in [0.29, 0.717) is 31.0 Å². The predicted octanol–water partition coefficient (Wildman–Crippen LogP) is 2.52. The highest BCUT2D eigenvalue weighted by Gasteiger charge is 2.31. The third kappa shape index (κ3) is 6.93. The number of halogens is 1. The maximum absolute atomic E-state index is 12.8. The van der Waals surface area contributed by atoms with E-state index in [1.807, 2.05) is 0 Å². The fraction of sp³-hybridized carbons (Fsp3) is 0.650. The van der Waals surface area contributed by atoms with Gasteiger partial charge in [0.15, 0.2) is 0 Å². The van der Waals surface area contributed by atoms with Crippen molar-refractivity contribution in [3.63, 3.8) is 0 Å². The second kappa shape index (κ2) is 11.3. The van der Waals surface area contributed by atoms with Crippen molar-refractivity contribution >= 4 is 27.5 Å². The Kier molecular flexibility index (Phi) is 9.36. The second-order valence-electron chi connectivity index (χ2n) is 7.42. The first-order valence-electron chi connectivity index (χ1n) is 9.95. The molecule has 0 radical (unpaired) electrons. The molecule has 1 aliphatic carbocycles. The molecule has 1 saturated carbocycles. The Labute approximate surface area is 178 Å². The van der Waals surface area contributed by atoms with Crippen molar-refractivity contribution in [2.75, 3.05) is 33.9 Å². The molecule has 1 amide bonds. The number of sulfonamides is 1. The molecule has 0 unspecified atom stereocenters. The van der Waals surface area contributed by atoms with E-state index in [4.69, 9.17) is 21.4 Å². The summed E-state index contributed by atoms with van der Waals surface area (Å²) in [6, 6.07) is 6.14. The van der Waals surface area contributed by atoms with Crippen LogP contribution in [0.15, 0.2) is 29.2 Å². The Morgan fingerprint density at radius 1 is 1.17 bits per heavy atom. The Morgan fingerprint density at radius 3 is 2.38 bits per heavy atom. The molecule has 0 saturated heterocycles. The zero-order valence-electron chi connectivity index (χ0n) is 17.1. The maximum atomic E-state index is 12.8. The van der Waals surface area contributed by atoms with E-state index in [2.05, 4.69) is 0 Å². The predicted molar refractivity (Wildman–Crippen MR) is 112 cm³/mol. The van der Waals surface area contributed by atoms with Crippen molar-refractivity contribution in [1.82, 2.24) is 9.21 Å². The topological polar surface area (TPSA) is 87.2 Å². The molecule has 0 atom stereocenters. The summed E-state index contributed by atoms with van der Waals surface area (Å²) >= 11 is 5.85. The Balaban J connectivity index is 1.77. The lowest BCUT2D eigenvalue weighted by atomic mass is 9.93. The molecule has 1 aromatic carbocycles. The highest BCUT2D eigenvalue weighted by Crippen LogP contribution is 2.28. The summed E-state index contributed by atoms with van der Waals surface area (Å²) in [5.41, 5.74) is 0. The third-order valence-electron chi connectivity index (χ3n) is 5.40. The fourth-order valence-electron chi connectivity index (χ4n) is 3.48. The van der Waals surface area contributed by atoms with Crippen LogP contribution >= 0.6 is 11.6 Å². The van der Waals surface area contributed by atoms with Crippen LogP contribution < -0.4 is 0 Å². The van der Waals surface area contributed by atoms with Gasteiger partial charge >= 0.3 is 0 Å². The van der Waals surface area contributed by atoms with E-state index in [9.17, 15) is 13.2 Å². The van der Waals surface area contributed by atoms with Crippen LogP contribution in [0.2, 0.25) is 5.02 Å². The van der Waals surface area contributed by atoms with E-state index < -0.39 is 10.0 Å². The zero-order chi connectivity index (χ0) is 21.4. The summed E-state index contributed by atoms with van der Waals surface area (Å²) in [6.45, 7) is 0.963. The van der Waals surface area contributed by atoms with E-state index >= 15 is 0 Å². The van der Waals surface area contributed by atoms with Gasteiger partial charge in [-0.05, 0) is 56.4 Å². The molecule has 0 aromatic heterocycles. The van der Waals surface area contributed by atoms with Crippen LogP contribution in [0.1, 0.15) is 38.5 Å². The SMILES string of the molecule is CN(CCCO)C(=O)CCO[C@H]1CC[C@H](N(C)S(=O)(=O)c2ccc(Cl)cc2)CC1. The van der Waals surface area contributed by atoms with E-state index in [1.54, 1.807) is 31.1 Å². The van der Waals surface area contributed by atoms with Gasteiger partial charge in [-0.15, -0.1) is 0 Å². The van der Waals surface area contributed by atoms with Gasteiger partial charge in [0.25, 0.3) is 0 Å². The quantitative estimate of drug-likeness (QED) is 0.596. The average Bonchev–Trinajstić information content (AvgIpc) is 2.72. The molecule has 2 rings (SSSR count). The molecular formula is C20H31ClN2O5S. The minimum atomic E-state index is -3.55. The summed E-state index contributed by atoms with van der Waals surface area (Å²) in [5, 5.41) is 9.32. The second-order valence-corrected chi connectivity index (χ2v) is 9.85. The number of hydrogen-bond donors (Lipinski definition) is 1. The normalized spacial score (nSPS) is 20.0. The third-order valence-corrected chi connectivity index (χ3v) is 7.57. The molecule has 1 aromatic rings. The van der Waals surface area contributed by atoms with Gasteiger partial charge in [0.05, 0.1) is 24.0 Å². The zero-order valence-corrected chi connectivity index (χ0v) is 18.7. The van der Waals surface area contributed by atoms with Crippen molar-refractivity contribution < 1.29 is 23.1 Å². The standard InChI is InChI=1S/C20H31ClN2O5S/c1-22(13-3-14-24)20(25)12-15-28-18-8-6-17(7-9-18)23(2)29(26,27)19-10-4-16(21)5-11-19/h4-5,10-11,17-18,24H,3,6-9,12-15H2,1-2H3/t17-,18-. The number of benzene rings is 1. The Bertz CT molecular complexity index is 749. The van der Waals surface area contributed by atoms with Crippen LogP contribution in [0.4, 0.5) is 0 Å². The summed E-state index contributed by atoms with van der Waals surface area (Å²) in [6.07, 6.45) is 3.90. The lowest BCUT2D eigenvalue weighted by Gasteiger charge is -2.34. The van der Waals surface area contributed by atoms with Gasteiger partial charge in [-0.2, -0.15) is 4.31 Å². The number of aliphatic hydroxyl groups is 1. The molecular weight excluding hydrogens is 416 g/mol. The van der Waals surface area contributed by atoms with Gasteiger partial charge < -0.3 is 14.7 Å². The van der Waals surface area contributed by atoms with E-state index in [1.165, 1.54) is 16.4 Å². The average molecular weight is 447 g/mol. The van der Waals surface area contributed by atoms with Crippen molar-refractivity contribution in [2.24, 2.45) is 0 Å². The van der Waals surface area contributed by atoms with Gasteiger partial charge in [0.2, 0.25) is 15.9 Å². The number of hydrogen-bond acceptors (Lipinski definition) is 5. The molecule has 0 heterocycles. The number of rotatable bonds is 10. The van der Waals surface area contributed by atoms with Gasteiger partial charge in [-0.1, -0.05) is 11.6 Å². The molecule has 164 valence electrons. The molecule has 0 aliphatic heterocycles. The number of carbonyl (C=O) groups excluding carboxylic acids is 1. The fourth-order valence-corrected chi connectivity index (χ4v) is 5.02. The molecule has 1 N–H and O–H groups in total. The van der Waals surface area contributed by atoms with Crippen LogP contribution in [0.25, 0.3) is 0 Å². The summed E-state index contributed by atoms with van der Waals surface area (Å²) < 4.78 is 32.9. The highest BCUT2D eigenvalue weighted by molar-refractivity contribution is 7.89. The first kappa shape index (κ1) is 24.1. The van der Waals surface area contributed by atoms with Crippen LogP contribution in [0, 0.1) is 0 Å². The van der Waals surface area contributed by atoms with Crippen molar-refractivity contribution in [3.05, 3.63) is 29.3 Å². The number of carbonyl (C=O) groups is 1. The van der Waals surface area contributed by atoms with Crippen LogP contribution in [-0.2, 0) is 19.6 Å². The van der Waals surface area contributed by atoms with Crippen LogP contribution in [0.5, 0.6) is 0 Å². The van der Waals surface area contributed by atoms with Gasteiger partial charge in [0, 0.05) is 38.3 Å². The largest absolute Gasteiger partial charge is 0.396 e. The Hall–Kier alpha value is -1.19. The molecule has 9 heteroatoms. The number of ether oxygens (including phenoxy) is 1. The summed E-state index contributed by atoms with van der Waals surface area (Å²) in [4.78, 5) is 13.8.